The molecule has 1 aliphatic rings. The van der Waals surface area contributed by atoms with Crippen LogP contribution in [0.25, 0.3) is 0 Å². The van der Waals surface area contributed by atoms with Crippen LogP contribution >= 0.6 is 0 Å². The molecule has 0 N–H and O–H groups in total. The van der Waals surface area contributed by atoms with Gasteiger partial charge in [-0.25, -0.2) is 0 Å². The van der Waals surface area contributed by atoms with Crippen LogP contribution in [0.5, 0.6) is 0 Å². The van der Waals surface area contributed by atoms with Crippen molar-refractivity contribution in [2.45, 2.75) is 56.4 Å². The highest BCUT2D eigenvalue weighted by Crippen LogP contribution is 2.37. The van der Waals surface area contributed by atoms with Crippen molar-refractivity contribution in [3.8, 4) is 6.07 Å². The summed E-state index contributed by atoms with van der Waals surface area (Å²) in [4.78, 5) is 0. The number of nitrogens with zero attached hydrogens (tertiary/aromatic N) is 1. The molecular weight excluding hydrogens is 538 g/mol. The third-order valence-electron chi connectivity index (χ3n) is 7.47. The lowest BCUT2D eigenvalue weighted by molar-refractivity contribution is -0.281. The van der Waals surface area contributed by atoms with Crippen molar-refractivity contribution in [3.63, 3.8) is 0 Å². The Morgan fingerprint density at radius 3 is 1.49 bits per heavy atom. The highest BCUT2D eigenvalue weighted by atomic mass is 16.6. The zero-order valence-corrected chi connectivity index (χ0v) is 24.2. The van der Waals surface area contributed by atoms with E-state index in [1.54, 1.807) is 0 Å². The Hall–Kier alpha value is -4.09. The van der Waals surface area contributed by atoms with Gasteiger partial charge in [-0.3, -0.25) is 0 Å². The Morgan fingerprint density at radius 2 is 1.05 bits per heavy atom. The Morgan fingerprint density at radius 1 is 0.628 bits per heavy atom. The zero-order valence-electron chi connectivity index (χ0n) is 24.2. The molecule has 1 fully saturated rings. The summed E-state index contributed by atoms with van der Waals surface area (Å²) in [5.74, 6) is 0. The lowest BCUT2D eigenvalue weighted by Gasteiger charge is -2.48. The zero-order chi connectivity index (χ0) is 29.7. The fourth-order valence-corrected chi connectivity index (χ4v) is 5.21. The molecule has 0 aromatic heterocycles. The molecule has 0 saturated carbocycles. The molecule has 1 saturated heterocycles. The topological polar surface area (TPSA) is 69.9 Å². The molecule has 5 rings (SSSR count). The second-order valence-corrected chi connectivity index (χ2v) is 10.5. The minimum Gasteiger partial charge on any atom is -0.374 e. The van der Waals surface area contributed by atoms with Gasteiger partial charge in [0.25, 0.3) is 0 Å². The van der Waals surface area contributed by atoms with Crippen molar-refractivity contribution < 1.29 is 23.7 Å². The van der Waals surface area contributed by atoms with Crippen LogP contribution in [0.2, 0.25) is 0 Å². The van der Waals surface area contributed by atoms with E-state index in [4.69, 9.17) is 23.7 Å². The van der Waals surface area contributed by atoms with E-state index in [0.717, 1.165) is 22.3 Å². The van der Waals surface area contributed by atoms with Gasteiger partial charge < -0.3 is 23.7 Å². The van der Waals surface area contributed by atoms with E-state index in [2.05, 4.69) is 12.6 Å². The first kappa shape index (κ1) is 30.4. The second-order valence-electron chi connectivity index (χ2n) is 10.5. The molecule has 0 spiro atoms. The summed E-state index contributed by atoms with van der Waals surface area (Å²) >= 11 is 0. The summed E-state index contributed by atoms with van der Waals surface area (Å²) in [6, 6.07) is 42.0. The minimum atomic E-state index is -1.50. The largest absolute Gasteiger partial charge is 0.374 e. The fraction of sp³-hybridized carbons (Fsp3) is 0.270. The smallest absolute Gasteiger partial charge is 0.201 e. The van der Waals surface area contributed by atoms with Crippen LogP contribution < -0.4 is 0 Å². The molecule has 0 amide bonds. The predicted octanol–water partition coefficient (Wildman–Crippen LogP) is 6.81. The molecular formula is C37H37NO5. The monoisotopic (exact) mass is 575 g/mol. The fourth-order valence-electron chi connectivity index (χ4n) is 5.21. The highest BCUT2D eigenvalue weighted by molar-refractivity contribution is 5.25. The lowest BCUT2D eigenvalue weighted by Crippen LogP contribution is -2.66. The molecule has 1 aliphatic heterocycles. The van der Waals surface area contributed by atoms with Gasteiger partial charge in [-0.2, -0.15) is 5.26 Å². The quantitative estimate of drug-likeness (QED) is 0.154. The molecule has 1 heterocycles. The van der Waals surface area contributed by atoms with Crippen LogP contribution in [-0.4, -0.2) is 36.6 Å². The SMILES string of the molecule is C=C[C@]1(C#N)O[C@H](COCc2ccccc2)[C@@H](OCc2ccccc2)[C@H](OCc2ccccc2)[C@H]1OCc1ccccc1. The van der Waals surface area contributed by atoms with E-state index in [1.165, 1.54) is 6.08 Å². The van der Waals surface area contributed by atoms with Crippen LogP contribution in [0.3, 0.4) is 0 Å². The van der Waals surface area contributed by atoms with E-state index >= 15 is 0 Å². The number of benzene rings is 4. The summed E-state index contributed by atoms with van der Waals surface area (Å²) in [5.41, 5.74) is 2.52. The van der Waals surface area contributed by atoms with Crippen molar-refractivity contribution in [2.24, 2.45) is 0 Å². The second kappa shape index (κ2) is 15.4. The van der Waals surface area contributed by atoms with Gasteiger partial charge in [-0.1, -0.05) is 128 Å². The Bertz CT molecular complexity index is 1430. The first-order valence-corrected chi connectivity index (χ1v) is 14.5. The van der Waals surface area contributed by atoms with Gasteiger partial charge in [0.1, 0.15) is 30.5 Å². The Kier molecular flexibility index (Phi) is 10.9. The standard InChI is InChI=1S/C37H37NO5/c1-2-37(28-38)36(42-26-32-21-13-6-14-22-32)35(41-25-31-19-11-5-12-20-31)34(40-24-30-17-9-4-10-18-30)33(43-37)27-39-23-29-15-7-3-8-16-29/h2-22,33-36H,1,23-27H2/t33-,34-,35+,36-,37-/m1/s1. The van der Waals surface area contributed by atoms with Gasteiger partial charge in [0.15, 0.2) is 0 Å². The molecule has 220 valence electrons. The molecule has 4 aromatic rings. The van der Waals surface area contributed by atoms with Crippen molar-refractivity contribution in [1.29, 1.82) is 5.26 Å². The minimum absolute atomic E-state index is 0.183. The van der Waals surface area contributed by atoms with E-state index in [1.807, 2.05) is 121 Å². The number of hydrogen-bond acceptors (Lipinski definition) is 6. The van der Waals surface area contributed by atoms with Crippen LogP contribution in [0.1, 0.15) is 22.3 Å². The number of hydrogen-bond donors (Lipinski definition) is 0. The molecule has 4 aromatic carbocycles. The Labute approximate surface area is 254 Å². The van der Waals surface area contributed by atoms with Crippen molar-refractivity contribution in [2.75, 3.05) is 6.61 Å². The lowest BCUT2D eigenvalue weighted by atomic mass is 9.85. The van der Waals surface area contributed by atoms with Crippen molar-refractivity contribution in [1.82, 2.24) is 0 Å². The molecule has 43 heavy (non-hydrogen) atoms. The van der Waals surface area contributed by atoms with Crippen molar-refractivity contribution in [3.05, 3.63) is 156 Å². The highest BCUT2D eigenvalue weighted by Gasteiger charge is 2.56. The first-order valence-electron chi connectivity index (χ1n) is 14.5. The van der Waals surface area contributed by atoms with Gasteiger partial charge in [-0.15, -0.1) is 0 Å². The summed E-state index contributed by atoms with van der Waals surface area (Å²) in [6.07, 6.45) is -1.24. The van der Waals surface area contributed by atoms with Gasteiger partial charge in [-0.05, 0) is 28.3 Å². The summed E-state index contributed by atoms with van der Waals surface area (Å²) < 4.78 is 32.5. The maximum atomic E-state index is 10.6. The summed E-state index contributed by atoms with van der Waals surface area (Å²) in [7, 11) is 0. The Balaban J connectivity index is 1.46. The molecule has 0 unspecified atom stereocenters. The third kappa shape index (κ3) is 8.05. The van der Waals surface area contributed by atoms with E-state index in [9.17, 15) is 5.26 Å². The van der Waals surface area contributed by atoms with Gasteiger partial charge in [0.2, 0.25) is 5.60 Å². The molecule has 6 nitrogen and oxygen atoms in total. The summed E-state index contributed by atoms with van der Waals surface area (Å²) in [5, 5.41) is 10.6. The normalized spacial score (nSPS) is 23.3. The number of nitriles is 1. The molecule has 0 aliphatic carbocycles. The van der Waals surface area contributed by atoms with Gasteiger partial charge in [0.05, 0.1) is 33.0 Å². The maximum Gasteiger partial charge on any atom is 0.201 e. The van der Waals surface area contributed by atoms with Crippen LogP contribution in [0, 0.1) is 11.3 Å². The maximum absolute atomic E-state index is 10.6. The van der Waals surface area contributed by atoms with Crippen LogP contribution in [0.15, 0.2) is 134 Å². The van der Waals surface area contributed by atoms with Crippen LogP contribution in [-0.2, 0) is 50.1 Å². The average Bonchev–Trinajstić information content (AvgIpc) is 3.07. The average molecular weight is 576 g/mol. The van der Waals surface area contributed by atoms with E-state index in [0.29, 0.717) is 19.8 Å². The van der Waals surface area contributed by atoms with E-state index in [-0.39, 0.29) is 13.2 Å². The van der Waals surface area contributed by atoms with Gasteiger partial charge in [0, 0.05) is 0 Å². The van der Waals surface area contributed by atoms with Gasteiger partial charge >= 0.3 is 0 Å². The first-order chi connectivity index (χ1) is 21.2. The molecule has 0 bridgehead atoms. The molecule has 0 radical (unpaired) electrons. The number of ether oxygens (including phenoxy) is 5. The molecule has 5 atom stereocenters. The van der Waals surface area contributed by atoms with Crippen molar-refractivity contribution >= 4 is 0 Å². The van der Waals surface area contributed by atoms with Crippen LogP contribution in [0.4, 0.5) is 0 Å². The summed E-state index contributed by atoms with van der Waals surface area (Å²) in [6.45, 7) is 5.47. The van der Waals surface area contributed by atoms with E-state index < -0.39 is 30.0 Å². The number of rotatable bonds is 14. The predicted molar refractivity (Wildman–Crippen MR) is 165 cm³/mol. The third-order valence-corrected chi connectivity index (χ3v) is 7.47. The molecule has 6 heteroatoms.